The van der Waals surface area contributed by atoms with Crippen molar-refractivity contribution < 1.29 is 0 Å². The first-order valence-electron chi connectivity index (χ1n) is 7.55. The quantitative estimate of drug-likeness (QED) is 0.661. The number of aryl methyl sites for hydroxylation is 1. The van der Waals surface area contributed by atoms with Crippen molar-refractivity contribution in [3.63, 3.8) is 0 Å². The SMILES string of the molecule is CCCNCc1cncn1CCCCN(C)C(C)C. The predicted molar refractivity (Wildman–Crippen MR) is 81.2 cm³/mol. The van der Waals surface area contributed by atoms with Gasteiger partial charge in [0.25, 0.3) is 0 Å². The molecule has 0 unspecified atom stereocenters. The van der Waals surface area contributed by atoms with Crippen molar-refractivity contribution in [1.82, 2.24) is 19.8 Å². The normalized spacial score (nSPS) is 11.7. The lowest BCUT2D eigenvalue weighted by Crippen LogP contribution is -2.27. The summed E-state index contributed by atoms with van der Waals surface area (Å²) in [5.74, 6) is 0. The molecule has 0 saturated heterocycles. The molecule has 4 nitrogen and oxygen atoms in total. The highest BCUT2D eigenvalue weighted by atomic mass is 15.1. The molecule has 0 fully saturated rings. The zero-order chi connectivity index (χ0) is 14.1. The maximum Gasteiger partial charge on any atom is 0.0948 e. The Morgan fingerprint density at radius 3 is 2.84 bits per heavy atom. The molecule has 0 aliphatic rings. The summed E-state index contributed by atoms with van der Waals surface area (Å²) in [6.45, 7) is 10.9. The highest BCUT2D eigenvalue weighted by Gasteiger charge is 2.04. The molecule has 1 N–H and O–H groups in total. The number of hydrogen-bond donors (Lipinski definition) is 1. The maximum absolute atomic E-state index is 4.26. The molecular formula is C15H30N4. The van der Waals surface area contributed by atoms with E-state index in [2.05, 4.69) is 47.6 Å². The van der Waals surface area contributed by atoms with E-state index in [-0.39, 0.29) is 0 Å². The van der Waals surface area contributed by atoms with E-state index in [0.717, 1.165) is 19.6 Å². The van der Waals surface area contributed by atoms with Crippen molar-refractivity contribution in [1.29, 1.82) is 0 Å². The van der Waals surface area contributed by atoms with Gasteiger partial charge in [-0.05, 0) is 53.2 Å². The second kappa shape index (κ2) is 9.10. The van der Waals surface area contributed by atoms with Crippen LogP contribution >= 0.6 is 0 Å². The second-order valence-electron chi connectivity index (χ2n) is 5.54. The zero-order valence-corrected chi connectivity index (χ0v) is 13.0. The fraction of sp³-hybridized carbons (Fsp3) is 0.800. The summed E-state index contributed by atoms with van der Waals surface area (Å²) < 4.78 is 2.28. The summed E-state index contributed by atoms with van der Waals surface area (Å²) in [6, 6.07) is 0.641. The summed E-state index contributed by atoms with van der Waals surface area (Å²) in [7, 11) is 2.20. The van der Waals surface area contributed by atoms with Crippen molar-refractivity contribution in [2.45, 2.75) is 59.2 Å². The molecular weight excluding hydrogens is 236 g/mol. The van der Waals surface area contributed by atoms with Gasteiger partial charge >= 0.3 is 0 Å². The van der Waals surface area contributed by atoms with Gasteiger partial charge in [-0.15, -0.1) is 0 Å². The molecule has 0 radical (unpaired) electrons. The highest BCUT2D eigenvalue weighted by molar-refractivity contribution is 4.97. The number of hydrogen-bond acceptors (Lipinski definition) is 3. The third kappa shape index (κ3) is 6.21. The van der Waals surface area contributed by atoms with Gasteiger partial charge in [-0.2, -0.15) is 0 Å². The molecule has 110 valence electrons. The van der Waals surface area contributed by atoms with E-state index in [1.807, 2.05) is 12.5 Å². The number of nitrogens with one attached hydrogen (secondary N) is 1. The number of nitrogens with zero attached hydrogens (tertiary/aromatic N) is 3. The second-order valence-corrected chi connectivity index (χ2v) is 5.54. The van der Waals surface area contributed by atoms with Crippen LogP contribution in [0.3, 0.4) is 0 Å². The summed E-state index contributed by atoms with van der Waals surface area (Å²) in [4.78, 5) is 6.66. The molecule has 0 aliphatic heterocycles. The molecule has 1 heterocycles. The van der Waals surface area contributed by atoms with Crippen LogP contribution < -0.4 is 5.32 Å². The fourth-order valence-corrected chi connectivity index (χ4v) is 1.99. The summed E-state index contributed by atoms with van der Waals surface area (Å²) in [5.41, 5.74) is 1.30. The highest BCUT2D eigenvalue weighted by Crippen LogP contribution is 2.04. The van der Waals surface area contributed by atoms with Gasteiger partial charge in [-0.25, -0.2) is 4.98 Å². The standard InChI is InChI=1S/C15H30N4/c1-5-8-16-11-15-12-17-13-19(15)10-7-6-9-18(4)14(2)3/h12-14,16H,5-11H2,1-4H3. The lowest BCUT2D eigenvalue weighted by atomic mass is 10.2. The zero-order valence-electron chi connectivity index (χ0n) is 13.0. The predicted octanol–water partition coefficient (Wildman–Crippen LogP) is 2.50. The Labute approximate surface area is 118 Å². The van der Waals surface area contributed by atoms with Crippen molar-refractivity contribution in [3.05, 3.63) is 18.2 Å². The fourth-order valence-electron chi connectivity index (χ4n) is 1.99. The Kier molecular flexibility index (Phi) is 7.75. The molecule has 0 spiro atoms. The summed E-state index contributed by atoms with van der Waals surface area (Å²) >= 11 is 0. The van der Waals surface area contributed by atoms with E-state index in [1.165, 1.54) is 31.5 Å². The van der Waals surface area contributed by atoms with E-state index >= 15 is 0 Å². The first-order chi connectivity index (χ1) is 9.15. The van der Waals surface area contributed by atoms with Crippen molar-refractivity contribution in [2.24, 2.45) is 0 Å². The van der Waals surface area contributed by atoms with Gasteiger partial charge in [-0.3, -0.25) is 0 Å². The molecule has 0 saturated carbocycles. The molecule has 0 bridgehead atoms. The Bertz CT molecular complexity index is 333. The minimum absolute atomic E-state index is 0.641. The van der Waals surface area contributed by atoms with E-state index in [4.69, 9.17) is 0 Å². The van der Waals surface area contributed by atoms with E-state index in [1.54, 1.807) is 0 Å². The van der Waals surface area contributed by atoms with Gasteiger partial charge in [0.2, 0.25) is 0 Å². The summed E-state index contributed by atoms with van der Waals surface area (Å²) in [5, 5.41) is 3.43. The van der Waals surface area contributed by atoms with Crippen LogP contribution in [0.25, 0.3) is 0 Å². The van der Waals surface area contributed by atoms with E-state index in [9.17, 15) is 0 Å². The molecule has 0 aromatic carbocycles. The van der Waals surface area contributed by atoms with Crippen molar-refractivity contribution in [3.8, 4) is 0 Å². The number of unbranched alkanes of at least 4 members (excludes halogenated alkanes) is 1. The number of imidazole rings is 1. The third-order valence-electron chi connectivity index (χ3n) is 3.57. The molecule has 1 rings (SSSR count). The van der Waals surface area contributed by atoms with Gasteiger partial charge in [-0.1, -0.05) is 6.92 Å². The van der Waals surface area contributed by atoms with Crippen LogP contribution in [0.2, 0.25) is 0 Å². The smallest absolute Gasteiger partial charge is 0.0948 e. The van der Waals surface area contributed by atoms with Crippen LogP contribution in [0.4, 0.5) is 0 Å². The number of aromatic nitrogens is 2. The average Bonchev–Trinajstić information content (AvgIpc) is 2.82. The molecule has 19 heavy (non-hydrogen) atoms. The van der Waals surface area contributed by atoms with E-state index < -0.39 is 0 Å². The maximum atomic E-state index is 4.26. The summed E-state index contributed by atoms with van der Waals surface area (Å²) in [6.07, 6.45) is 7.57. The first kappa shape index (κ1) is 16.2. The minimum atomic E-state index is 0.641. The van der Waals surface area contributed by atoms with Crippen molar-refractivity contribution >= 4 is 0 Å². The molecule has 1 aromatic heterocycles. The van der Waals surface area contributed by atoms with E-state index in [0.29, 0.717) is 6.04 Å². The van der Waals surface area contributed by atoms with Gasteiger partial charge in [0.15, 0.2) is 0 Å². The number of rotatable bonds is 10. The van der Waals surface area contributed by atoms with Crippen LogP contribution in [0.15, 0.2) is 12.5 Å². The monoisotopic (exact) mass is 266 g/mol. The third-order valence-corrected chi connectivity index (χ3v) is 3.57. The van der Waals surface area contributed by atoms with Crippen LogP contribution in [0.1, 0.15) is 45.7 Å². The van der Waals surface area contributed by atoms with Crippen LogP contribution in [0.5, 0.6) is 0 Å². The van der Waals surface area contributed by atoms with Crippen LogP contribution in [0, 0.1) is 0 Å². The van der Waals surface area contributed by atoms with Crippen molar-refractivity contribution in [2.75, 3.05) is 20.1 Å². The first-order valence-corrected chi connectivity index (χ1v) is 7.55. The lowest BCUT2D eigenvalue weighted by Gasteiger charge is -2.20. The van der Waals surface area contributed by atoms with Gasteiger partial charge in [0.05, 0.1) is 12.0 Å². The van der Waals surface area contributed by atoms with Gasteiger partial charge in [0.1, 0.15) is 0 Å². The molecule has 0 aliphatic carbocycles. The minimum Gasteiger partial charge on any atom is -0.333 e. The Morgan fingerprint density at radius 2 is 2.16 bits per heavy atom. The molecule has 1 aromatic rings. The van der Waals surface area contributed by atoms with Crippen LogP contribution in [-0.2, 0) is 13.1 Å². The topological polar surface area (TPSA) is 33.1 Å². The van der Waals surface area contributed by atoms with Crippen LogP contribution in [-0.4, -0.2) is 40.6 Å². The van der Waals surface area contributed by atoms with Gasteiger partial charge in [0, 0.05) is 25.3 Å². The Morgan fingerprint density at radius 1 is 1.37 bits per heavy atom. The molecule has 4 heteroatoms. The average molecular weight is 266 g/mol. The van der Waals surface area contributed by atoms with Gasteiger partial charge < -0.3 is 14.8 Å². The Balaban J connectivity index is 2.23. The molecule has 0 atom stereocenters. The Hall–Kier alpha value is -0.870. The lowest BCUT2D eigenvalue weighted by molar-refractivity contribution is 0.266. The molecule has 0 amide bonds. The largest absolute Gasteiger partial charge is 0.333 e.